The van der Waals surface area contributed by atoms with Gasteiger partial charge in [0.15, 0.2) is 0 Å². The number of hydrogen-bond acceptors (Lipinski definition) is 4. The maximum absolute atomic E-state index is 14.6. The molecular weight excluding hydrogens is 407 g/mol. The molecule has 1 aliphatic carbocycles. The third-order valence-electron chi connectivity index (χ3n) is 6.43. The molecule has 0 aliphatic heterocycles. The van der Waals surface area contributed by atoms with E-state index < -0.39 is 7.60 Å². The Balaban J connectivity index is 2.04. The van der Waals surface area contributed by atoms with Crippen molar-refractivity contribution in [2.45, 2.75) is 66.9 Å². The predicted molar refractivity (Wildman–Crippen MR) is 128 cm³/mol. The molecule has 4 nitrogen and oxygen atoms in total. The van der Waals surface area contributed by atoms with Crippen molar-refractivity contribution >= 4 is 12.9 Å². The number of hydrogen-bond donors (Lipinski definition) is 0. The van der Waals surface area contributed by atoms with Crippen molar-refractivity contribution in [1.82, 2.24) is 0 Å². The molecule has 1 fully saturated rings. The fraction of sp³-hybridized carbons (Fsp3) is 0.538. The topological polar surface area (TPSA) is 44.8 Å². The Labute approximate surface area is 187 Å². The minimum Gasteiger partial charge on any atom is -0.497 e. The molecule has 2 aromatic carbocycles. The van der Waals surface area contributed by atoms with Crippen LogP contribution >= 0.6 is 7.60 Å². The fourth-order valence-electron chi connectivity index (χ4n) is 4.91. The van der Waals surface area contributed by atoms with Gasteiger partial charge in [0.25, 0.3) is 0 Å². The predicted octanol–water partition coefficient (Wildman–Crippen LogP) is 7.00. The molecule has 0 radical (unpaired) electrons. The molecule has 0 spiro atoms. The summed E-state index contributed by atoms with van der Waals surface area (Å²) in [5.41, 5.74) is 3.03. The van der Waals surface area contributed by atoms with Crippen LogP contribution in [0.25, 0.3) is 0 Å². The Morgan fingerprint density at radius 2 is 1.55 bits per heavy atom. The monoisotopic (exact) mass is 444 g/mol. The lowest BCUT2D eigenvalue weighted by molar-refractivity contribution is 0.0414. The van der Waals surface area contributed by atoms with Crippen molar-refractivity contribution in [2.24, 2.45) is 17.8 Å². The Kier molecular flexibility index (Phi) is 7.55. The van der Waals surface area contributed by atoms with Gasteiger partial charge in [0.05, 0.1) is 18.5 Å². The van der Waals surface area contributed by atoms with Gasteiger partial charge in [0.1, 0.15) is 11.5 Å². The Bertz CT molecular complexity index is 912. The fourth-order valence-corrected chi connectivity index (χ4v) is 7.14. The first-order chi connectivity index (χ1) is 14.6. The van der Waals surface area contributed by atoms with Gasteiger partial charge in [-0.1, -0.05) is 44.9 Å². The molecule has 4 atom stereocenters. The van der Waals surface area contributed by atoms with Crippen molar-refractivity contribution in [3.05, 3.63) is 53.1 Å². The summed E-state index contributed by atoms with van der Waals surface area (Å²) in [6.07, 6.45) is 3.10. The van der Waals surface area contributed by atoms with Crippen molar-refractivity contribution in [3.63, 3.8) is 0 Å². The summed E-state index contributed by atoms with van der Waals surface area (Å²) in [5, 5.41) is 0.689. The first-order valence-electron chi connectivity index (χ1n) is 11.3. The average molecular weight is 445 g/mol. The molecule has 0 saturated heterocycles. The van der Waals surface area contributed by atoms with Gasteiger partial charge < -0.3 is 9.26 Å². The summed E-state index contributed by atoms with van der Waals surface area (Å²) in [5.74, 6) is 2.64. The van der Waals surface area contributed by atoms with Crippen LogP contribution in [-0.2, 0) is 9.09 Å². The highest BCUT2D eigenvalue weighted by molar-refractivity contribution is 7.62. The van der Waals surface area contributed by atoms with Gasteiger partial charge in [0, 0.05) is 0 Å². The number of aryl methyl sites for hydroxylation is 3. The van der Waals surface area contributed by atoms with Crippen molar-refractivity contribution in [3.8, 4) is 11.5 Å². The Morgan fingerprint density at radius 1 is 0.968 bits per heavy atom. The van der Waals surface area contributed by atoms with E-state index in [0.717, 1.165) is 35.3 Å². The van der Waals surface area contributed by atoms with E-state index >= 15 is 0 Å². The van der Waals surface area contributed by atoms with Crippen LogP contribution in [0.3, 0.4) is 0 Å². The number of ether oxygens (including phenoxy) is 1. The lowest BCUT2D eigenvalue weighted by Gasteiger charge is -2.39. The molecule has 0 unspecified atom stereocenters. The van der Waals surface area contributed by atoms with E-state index in [4.69, 9.17) is 13.8 Å². The zero-order valence-electron chi connectivity index (χ0n) is 20.0. The van der Waals surface area contributed by atoms with E-state index in [2.05, 4.69) is 39.8 Å². The van der Waals surface area contributed by atoms with E-state index in [1.54, 1.807) is 19.2 Å². The second kappa shape index (κ2) is 9.79. The Morgan fingerprint density at radius 3 is 2.10 bits per heavy atom. The molecular formula is C26H37O4P. The molecule has 0 N–H and O–H groups in total. The third kappa shape index (κ3) is 5.54. The van der Waals surface area contributed by atoms with E-state index in [0.29, 0.717) is 28.8 Å². The largest absolute Gasteiger partial charge is 0.497 e. The second-order valence-electron chi connectivity index (χ2n) is 9.48. The molecule has 3 rings (SSSR count). The highest BCUT2D eigenvalue weighted by Crippen LogP contribution is 2.53. The van der Waals surface area contributed by atoms with E-state index in [1.165, 1.54) is 6.42 Å². The van der Waals surface area contributed by atoms with E-state index in [9.17, 15) is 4.57 Å². The quantitative estimate of drug-likeness (QED) is 0.432. The first-order valence-corrected chi connectivity index (χ1v) is 12.9. The summed E-state index contributed by atoms with van der Waals surface area (Å²) in [6, 6.07) is 11.3. The third-order valence-corrected chi connectivity index (χ3v) is 8.68. The Hall–Kier alpha value is -1.77. The standard InChI is InChI=1S/C26H37O4P/c1-17(2)24-13-8-18(3)16-25(24)30-31(27,26-20(5)14-19(4)15-21(26)6)29-23-11-9-22(28-7)10-12-23/h9-12,14-15,17-18,24-25H,8,13,16H2,1-7H3/t18-,24+,25-,31+/m1/s1. The SMILES string of the molecule is COc1ccc(O[P@](=O)(O[C@@H]2C[C@H](C)CC[C@H]2C(C)C)c2c(C)cc(C)cc2C)cc1. The van der Waals surface area contributed by atoms with Crippen LogP contribution in [0.5, 0.6) is 11.5 Å². The molecule has 0 heterocycles. The van der Waals surface area contributed by atoms with Crippen LogP contribution in [0.15, 0.2) is 36.4 Å². The first kappa shape index (κ1) is 23.9. The zero-order valence-corrected chi connectivity index (χ0v) is 20.9. The molecule has 5 heteroatoms. The normalized spacial score (nSPS) is 23.4. The average Bonchev–Trinajstić information content (AvgIpc) is 2.67. The lowest BCUT2D eigenvalue weighted by Crippen LogP contribution is -2.35. The van der Waals surface area contributed by atoms with Crippen LogP contribution in [0, 0.1) is 38.5 Å². The summed E-state index contributed by atoms with van der Waals surface area (Å²) >= 11 is 0. The minimum atomic E-state index is -3.63. The molecule has 1 saturated carbocycles. The van der Waals surface area contributed by atoms with Crippen LogP contribution in [0.4, 0.5) is 0 Å². The maximum Gasteiger partial charge on any atom is 0.411 e. The summed E-state index contributed by atoms with van der Waals surface area (Å²) in [6.45, 7) is 12.8. The number of methoxy groups -OCH3 is 1. The van der Waals surface area contributed by atoms with Crippen molar-refractivity contribution < 1.29 is 18.3 Å². The second-order valence-corrected chi connectivity index (χ2v) is 11.3. The van der Waals surface area contributed by atoms with Gasteiger partial charge in [-0.2, -0.15) is 0 Å². The van der Waals surface area contributed by atoms with Gasteiger partial charge in [-0.05, 0) is 86.8 Å². The van der Waals surface area contributed by atoms with E-state index in [1.807, 2.05) is 26.0 Å². The smallest absolute Gasteiger partial charge is 0.411 e. The summed E-state index contributed by atoms with van der Waals surface area (Å²) in [7, 11) is -2.00. The number of benzene rings is 2. The zero-order chi connectivity index (χ0) is 22.8. The number of rotatable bonds is 7. The highest BCUT2D eigenvalue weighted by Gasteiger charge is 2.41. The van der Waals surface area contributed by atoms with Gasteiger partial charge >= 0.3 is 7.60 Å². The van der Waals surface area contributed by atoms with Crippen LogP contribution in [-0.4, -0.2) is 13.2 Å². The molecule has 2 aromatic rings. The molecule has 0 bridgehead atoms. The van der Waals surface area contributed by atoms with Gasteiger partial charge in [0.2, 0.25) is 0 Å². The van der Waals surface area contributed by atoms with Gasteiger partial charge in [-0.3, -0.25) is 4.52 Å². The van der Waals surface area contributed by atoms with Crippen molar-refractivity contribution in [1.29, 1.82) is 0 Å². The molecule has 0 aromatic heterocycles. The molecule has 0 amide bonds. The van der Waals surface area contributed by atoms with Crippen molar-refractivity contribution in [2.75, 3.05) is 7.11 Å². The highest BCUT2D eigenvalue weighted by atomic mass is 31.2. The molecule has 31 heavy (non-hydrogen) atoms. The van der Waals surface area contributed by atoms with Gasteiger partial charge in [-0.15, -0.1) is 0 Å². The molecule has 170 valence electrons. The molecule has 1 aliphatic rings. The minimum absolute atomic E-state index is 0.0899. The van der Waals surface area contributed by atoms with Gasteiger partial charge in [-0.25, -0.2) is 4.57 Å². The lowest BCUT2D eigenvalue weighted by atomic mass is 9.75. The summed E-state index contributed by atoms with van der Waals surface area (Å²) in [4.78, 5) is 0. The maximum atomic E-state index is 14.6. The van der Waals surface area contributed by atoms with Crippen LogP contribution in [0.2, 0.25) is 0 Å². The van der Waals surface area contributed by atoms with Crippen LogP contribution < -0.4 is 14.6 Å². The summed E-state index contributed by atoms with van der Waals surface area (Å²) < 4.78 is 32.6. The van der Waals surface area contributed by atoms with Crippen LogP contribution in [0.1, 0.15) is 56.7 Å². The van der Waals surface area contributed by atoms with E-state index in [-0.39, 0.29) is 6.10 Å².